The molecule has 26 heavy (non-hydrogen) atoms. The summed E-state index contributed by atoms with van der Waals surface area (Å²) in [5.41, 5.74) is 1.59. The van der Waals surface area contributed by atoms with Crippen LogP contribution in [0.25, 0.3) is 0 Å². The van der Waals surface area contributed by atoms with Crippen molar-refractivity contribution >= 4 is 25.0 Å². The minimum Gasteiger partial charge on any atom is -0.493 e. The van der Waals surface area contributed by atoms with Gasteiger partial charge in [-0.3, -0.25) is 4.79 Å². The van der Waals surface area contributed by atoms with Crippen LogP contribution in [0.1, 0.15) is 15.9 Å². The zero-order valence-corrected chi connectivity index (χ0v) is 16.5. The summed E-state index contributed by atoms with van der Waals surface area (Å²) in [6, 6.07) is 7.44. The zero-order chi connectivity index (χ0) is 18.9. The molecule has 0 spiro atoms. The molecule has 0 fully saturated rings. The predicted octanol–water partition coefficient (Wildman–Crippen LogP) is 1.75. The summed E-state index contributed by atoms with van der Waals surface area (Å²) < 4.78 is 27.9. The fraction of sp³-hybridized carbons (Fsp3) is 0.316. The van der Waals surface area contributed by atoms with Crippen LogP contribution in [0.5, 0.6) is 23.0 Å². The standard InChI is InChI=1S/C19H22O6Si/c1-21-14-6-12(10-20)18(8-16(14)23-3)26(5)19-9-17(24-4)15(22-2)7-13(19)11-25-26/h6-10H,11H2,1-5H3. The first-order chi connectivity index (χ1) is 12.5. The molecule has 6 nitrogen and oxygen atoms in total. The average molecular weight is 374 g/mol. The summed E-state index contributed by atoms with van der Waals surface area (Å²) in [6.07, 6.45) is 0.831. The van der Waals surface area contributed by atoms with Crippen molar-refractivity contribution in [3.05, 3.63) is 35.4 Å². The lowest BCUT2D eigenvalue weighted by molar-refractivity contribution is 0.112. The summed E-state index contributed by atoms with van der Waals surface area (Å²) >= 11 is 0. The number of fused-ring (bicyclic) bond motifs is 1. The van der Waals surface area contributed by atoms with Crippen LogP contribution in [0, 0.1) is 0 Å². The van der Waals surface area contributed by atoms with E-state index in [1.54, 1.807) is 34.5 Å². The molecule has 0 radical (unpaired) electrons. The highest BCUT2D eigenvalue weighted by Gasteiger charge is 2.43. The highest BCUT2D eigenvalue weighted by molar-refractivity contribution is 6.98. The van der Waals surface area contributed by atoms with Gasteiger partial charge in [-0.2, -0.15) is 0 Å². The predicted molar refractivity (Wildman–Crippen MR) is 100 cm³/mol. The minimum atomic E-state index is -2.62. The summed E-state index contributed by atoms with van der Waals surface area (Å²) in [7, 11) is 3.71. The smallest absolute Gasteiger partial charge is 0.254 e. The molecule has 1 aliphatic rings. The van der Waals surface area contributed by atoms with Crippen LogP contribution in [0.2, 0.25) is 6.55 Å². The zero-order valence-electron chi connectivity index (χ0n) is 15.5. The van der Waals surface area contributed by atoms with E-state index in [9.17, 15) is 4.79 Å². The van der Waals surface area contributed by atoms with Gasteiger partial charge in [-0.25, -0.2) is 0 Å². The molecule has 1 heterocycles. The Labute approximate surface area is 153 Å². The first-order valence-corrected chi connectivity index (χ1v) is 10.5. The second-order valence-corrected chi connectivity index (χ2v) is 9.53. The number of carbonyl (C=O) groups excluding carboxylic acids is 1. The number of carbonyl (C=O) groups is 1. The molecular formula is C19H22O6Si. The third kappa shape index (κ3) is 2.73. The highest BCUT2D eigenvalue weighted by atomic mass is 28.4. The molecule has 1 aliphatic heterocycles. The van der Waals surface area contributed by atoms with E-state index in [1.807, 2.05) is 18.2 Å². The van der Waals surface area contributed by atoms with E-state index in [-0.39, 0.29) is 0 Å². The van der Waals surface area contributed by atoms with Crippen LogP contribution in [0.4, 0.5) is 0 Å². The Morgan fingerprint density at radius 2 is 1.35 bits per heavy atom. The Balaban J connectivity index is 2.22. The van der Waals surface area contributed by atoms with Gasteiger partial charge in [-0.1, -0.05) is 0 Å². The van der Waals surface area contributed by atoms with Crippen LogP contribution in [-0.2, 0) is 11.0 Å². The van der Waals surface area contributed by atoms with Crippen molar-refractivity contribution in [3.63, 3.8) is 0 Å². The first-order valence-electron chi connectivity index (χ1n) is 8.13. The third-order valence-corrected chi connectivity index (χ3v) is 8.51. The summed E-state index contributed by atoms with van der Waals surface area (Å²) in [4.78, 5) is 11.8. The number of rotatable bonds is 6. The van der Waals surface area contributed by atoms with Gasteiger partial charge in [0.2, 0.25) is 0 Å². The molecular weight excluding hydrogens is 352 g/mol. The molecule has 0 aromatic heterocycles. The van der Waals surface area contributed by atoms with Crippen molar-refractivity contribution < 1.29 is 28.2 Å². The maximum absolute atomic E-state index is 11.8. The molecule has 1 unspecified atom stereocenters. The fourth-order valence-electron chi connectivity index (χ4n) is 3.41. The van der Waals surface area contributed by atoms with Crippen LogP contribution >= 0.6 is 0 Å². The van der Waals surface area contributed by atoms with E-state index in [2.05, 4.69) is 6.55 Å². The van der Waals surface area contributed by atoms with E-state index in [0.29, 0.717) is 35.2 Å². The topological polar surface area (TPSA) is 63.2 Å². The monoisotopic (exact) mass is 374 g/mol. The van der Waals surface area contributed by atoms with E-state index >= 15 is 0 Å². The molecule has 0 amide bonds. The lowest BCUT2D eigenvalue weighted by Crippen LogP contribution is -2.56. The number of benzene rings is 2. The van der Waals surface area contributed by atoms with Crippen LogP contribution in [0.15, 0.2) is 24.3 Å². The SMILES string of the molecule is COc1cc(C=O)c([Si]2(C)OCc3cc(OC)c(OC)cc32)cc1OC. The Morgan fingerprint density at radius 3 is 1.88 bits per heavy atom. The van der Waals surface area contributed by atoms with Gasteiger partial charge < -0.3 is 23.4 Å². The minimum absolute atomic E-state index is 0.463. The first kappa shape index (κ1) is 18.3. The van der Waals surface area contributed by atoms with Crippen molar-refractivity contribution in [1.82, 2.24) is 0 Å². The molecule has 2 aromatic carbocycles. The largest absolute Gasteiger partial charge is 0.493 e. The third-order valence-electron chi connectivity index (χ3n) is 4.84. The van der Waals surface area contributed by atoms with Gasteiger partial charge in [-0.15, -0.1) is 0 Å². The normalized spacial score (nSPS) is 18.2. The van der Waals surface area contributed by atoms with Gasteiger partial charge in [-0.05, 0) is 46.7 Å². The molecule has 1 atom stereocenters. The number of aldehydes is 1. The van der Waals surface area contributed by atoms with Crippen molar-refractivity contribution in [2.75, 3.05) is 28.4 Å². The highest BCUT2D eigenvalue weighted by Crippen LogP contribution is 2.34. The van der Waals surface area contributed by atoms with E-state index in [4.69, 9.17) is 23.4 Å². The molecule has 7 heteroatoms. The molecule has 0 saturated carbocycles. The lowest BCUT2D eigenvalue weighted by atomic mass is 10.2. The van der Waals surface area contributed by atoms with Crippen molar-refractivity contribution in [3.8, 4) is 23.0 Å². The Hall–Kier alpha value is -2.51. The van der Waals surface area contributed by atoms with Crippen molar-refractivity contribution in [2.24, 2.45) is 0 Å². The van der Waals surface area contributed by atoms with Gasteiger partial charge >= 0.3 is 0 Å². The molecule has 0 saturated heterocycles. The molecule has 0 bridgehead atoms. The molecule has 0 aliphatic carbocycles. The van der Waals surface area contributed by atoms with Crippen molar-refractivity contribution in [1.29, 1.82) is 0 Å². The van der Waals surface area contributed by atoms with E-state index in [1.165, 1.54) is 0 Å². The summed E-state index contributed by atoms with van der Waals surface area (Å²) in [5.74, 6) is 2.39. The maximum Gasteiger partial charge on any atom is 0.254 e. The lowest BCUT2D eigenvalue weighted by Gasteiger charge is -2.25. The molecule has 3 rings (SSSR count). The Bertz CT molecular complexity index is 850. The van der Waals surface area contributed by atoms with Gasteiger partial charge in [0, 0.05) is 5.56 Å². The second kappa shape index (κ2) is 7.01. The van der Waals surface area contributed by atoms with Gasteiger partial charge in [0.05, 0.1) is 35.0 Å². The van der Waals surface area contributed by atoms with Gasteiger partial charge in [0.25, 0.3) is 8.32 Å². The van der Waals surface area contributed by atoms with Crippen LogP contribution in [0.3, 0.4) is 0 Å². The number of ether oxygens (including phenoxy) is 4. The van der Waals surface area contributed by atoms with Crippen LogP contribution in [-0.4, -0.2) is 43.0 Å². The number of hydrogen-bond acceptors (Lipinski definition) is 6. The van der Waals surface area contributed by atoms with E-state index in [0.717, 1.165) is 22.2 Å². The summed E-state index contributed by atoms with van der Waals surface area (Å²) in [6.45, 7) is 2.53. The van der Waals surface area contributed by atoms with Crippen LogP contribution < -0.4 is 29.3 Å². The quantitative estimate of drug-likeness (QED) is 0.567. The molecule has 138 valence electrons. The van der Waals surface area contributed by atoms with Crippen molar-refractivity contribution in [2.45, 2.75) is 13.2 Å². The molecule has 2 aromatic rings. The number of hydrogen-bond donors (Lipinski definition) is 0. The Morgan fingerprint density at radius 1 is 0.846 bits per heavy atom. The Kier molecular flexibility index (Phi) is 4.93. The van der Waals surface area contributed by atoms with E-state index < -0.39 is 8.32 Å². The molecule has 0 N–H and O–H groups in total. The fourth-order valence-corrected chi connectivity index (χ4v) is 6.71. The second-order valence-electron chi connectivity index (χ2n) is 6.10. The summed E-state index contributed by atoms with van der Waals surface area (Å²) in [5, 5.41) is 1.90. The van der Waals surface area contributed by atoms with Gasteiger partial charge in [0.15, 0.2) is 23.0 Å². The maximum atomic E-state index is 11.8. The van der Waals surface area contributed by atoms with Gasteiger partial charge in [0.1, 0.15) is 6.29 Å². The number of methoxy groups -OCH3 is 4. The average Bonchev–Trinajstić information content (AvgIpc) is 3.02.